The predicted molar refractivity (Wildman–Crippen MR) is 75.8 cm³/mol. The Hall–Kier alpha value is -0.670. The van der Waals surface area contributed by atoms with Crippen LogP contribution in [0.1, 0.15) is 24.0 Å². The number of hydrogen-bond acceptors (Lipinski definition) is 3. The van der Waals surface area contributed by atoms with Gasteiger partial charge in [0.05, 0.1) is 0 Å². The summed E-state index contributed by atoms with van der Waals surface area (Å²) in [5.41, 5.74) is 4.29. The minimum atomic E-state index is 0.561. The molecule has 17 heavy (non-hydrogen) atoms. The molecule has 3 heteroatoms. The number of hydrogen-bond donors (Lipinski definition) is 2. The standard InChI is InChI=1S/C14H20N2S/c1-17-14(6-7-14)10-15-9-12-4-2-3-11-5-8-16-13(11)12/h2-4,15-16H,5-10H2,1H3. The van der Waals surface area contributed by atoms with E-state index in [1.54, 1.807) is 0 Å². The first-order valence-electron chi connectivity index (χ1n) is 6.43. The average Bonchev–Trinajstić information content (AvgIpc) is 2.97. The smallest absolute Gasteiger partial charge is 0.0419 e. The lowest BCUT2D eigenvalue weighted by Gasteiger charge is -2.14. The highest BCUT2D eigenvalue weighted by Gasteiger charge is 2.41. The Morgan fingerprint density at radius 1 is 1.41 bits per heavy atom. The highest BCUT2D eigenvalue weighted by molar-refractivity contribution is 8.00. The van der Waals surface area contributed by atoms with Gasteiger partial charge in [-0.3, -0.25) is 0 Å². The summed E-state index contributed by atoms with van der Waals surface area (Å²) in [5, 5.41) is 7.13. The number of rotatable bonds is 5. The van der Waals surface area contributed by atoms with Gasteiger partial charge in [-0.2, -0.15) is 11.8 Å². The maximum atomic E-state index is 3.62. The highest BCUT2D eigenvalue weighted by atomic mass is 32.2. The molecular weight excluding hydrogens is 228 g/mol. The van der Waals surface area contributed by atoms with Gasteiger partial charge >= 0.3 is 0 Å². The van der Waals surface area contributed by atoms with E-state index in [-0.39, 0.29) is 0 Å². The Kier molecular flexibility index (Phi) is 3.05. The Morgan fingerprint density at radius 3 is 3.06 bits per heavy atom. The summed E-state index contributed by atoms with van der Waals surface area (Å²) in [6.45, 7) is 3.25. The van der Waals surface area contributed by atoms with Crippen LogP contribution in [-0.4, -0.2) is 24.1 Å². The van der Waals surface area contributed by atoms with E-state index >= 15 is 0 Å². The topological polar surface area (TPSA) is 24.1 Å². The quantitative estimate of drug-likeness (QED) is 0.837. The molecule has 3 rings (SSSR count). The lowest BCUT2D eigenvalue weighted by molar-refractivity contribution is 0.664. The average molecular weight is 248 g/mol. The van der Waals surface area contributed by atoms with E-state index in [0.29, 0.717) is 4.75 Å². The van der Waals surface area contributed by atoms with Crippen LogP contribution < -0.4 is 10.6 Å². The molecule has 1 saturated carbocycles. The molecule has 2 nitrogen and oxygen atoms in total. The SMILES string of the molecule is CSC1(CNCc2cccc3c2NCC3)CC1. The minimum absolute atomic E-state index is 0.561. The summed E-state index contributed by atoms with van der Waals surface area (Å²) in [6.07, 6.45) is 6.17. The van der Waals surface area contributed by atoms with E-state index in [1.807, 2.05) is 11.8 Å². The van der Waals surface area contributed by atoms with Gasteiger partial charge in [0.1, 0.15) is 0 Å². The maximum Gasteiger partial charge on any atom is 0.0419 e. The Labute approximate surface area is 108 Å². The Bertz CT molecular complexity index is 413. The zero-order valence-corrected chi connectivity index (χ0v) is 11.2. The highest BCUT2D eigenvalue weighted by Crippen LogP contribution is 2.46. The van der Waals surface area contributed by atoms with E-state index in [0.717, 1.165) is 19.6 Å². The summed E-state index contributed by atoms with van der Waals surface area (Å²) in [7, 11) is 0. The number of thioether (sulfide) groups is 1. The van der Waals surface area contributed by atoms with E-state index < -0.39 is 0 Å². The third kappa shape index (κ3) is 2.31. The largest absolute Gasteiger partial charge is 0.384 e. The van der Waals surface area contributed by atoms with Crippen molar-refractivity contribution in [2.24, 2.45) is 0 Å². The Morgan fingerprint density at radius 2 is 2.29 bits per heavy atom. The first-order valence-corrected chi connectivity index (χ1v) is 7.66. The molecule has 1 fully saturated rings. The van der Waals surface area contributed by atoms with E-state index in [4.69, 9.17) is 0 Å². The van der Waals surface area contributed by atoms with Crippen molar-refractivity contribution in [3.05, 3.63) is 29.3 Å². The third-order valence-corrected chi connectivity index (χ3v) is 5.36. The van der Waals surface area contributed by atoms with Crippen LogP contribution in [0.3, 0.4) is 0 Å². The summed E-state index contributed by atoms with van der Waals surface area (Å²) in [5.74, 6) is 0. The number of nitrogens with one attached hydrogen (secondary N) is 2. The van der Waals surface area contributed by atoms with Gasteiger partial charge in [-0.15, -0.1) is 0 Å². The first-order chi connectivity index (χ1) is 8.33. The van der Waals surface area contributed by atoms with Crippen molar-refractivity contribution in [2.45, 2.75) is 30.6 Å². The van der Waals surface area contributed by atoms with Crippen molar-refractivity contribution in [3.8, 4) is 0 Å². The van der Waals surface area contributed by atoms with E-state index in [9.17, 15) is 0 Å². The van der Waals surface area contributed by atoms with Crippen LogP contribution in [0.2, 0.25) is 0 Å². The van der Waals surface area contributed by atoms with Gasteiger partial charge in [0.15, 0.2) is 0 Å². The molecule has 0 aromatic heterocycles. The molecule has 0 amide bonds. The van der Waals surface area contributed by atoms with Gasteiger partial charge < -0.3 is 10.6 Å². The molecule has 1 aliphatic carbocycles. The molecule has 0 unspecified atom stereocenters. The van der Waals surface area contributed by atoms with Gasteiger partial charge in [0, 0.05) is 30.1 Å². The van der Waals surface area contributed by atoms with Crippen molar-refractivity contribution >= 4 is 17.4 Å². The third-order valence-electron chi connectivity index (χ3n) is 3.94. The molecule has 0 spiro atoms. The molecule has 0 radical (unpaired) electrons. The number of para-hydroxylation sites is 1. The number of anilines is 1. The summed E-state index contributed by atoms with van der Waals surface area (Å²) in [6, 6.07) is 6.66. The minimum Gasteiger partial charge on any atom is -0.384 e. The van der Waals surface area contributed by atoms with E-state index in [2.05, 4.69) is 35.1 Å². The van der Waals surface area contributed by atoms with Gasteiger partial charge in [0.2, 0.25) is 0 Å². The normalized spacial score (nSPS) is 19.8. The lowest BCUT2D eigenvalue weighted by Crippen LogP contribution is -2.25. The first kappa shape index (κ1) is 11.4. The Balaban J connectivity index is 1.60. The van der Waals surface area contributed by atoms with Crippen LogP contribution in [0.15, 0.2) is 18.2 Å². The van der Waals surface area contributed by atoms with Crippen LogP contribution >= 0.6 is 11.8 Å². The van der Waals surface area contributed by atoms with Crippen LogP contribution in [0.5, 0.6) is 0 Å². The fourth-order valence-electron chi connectivity index (χ4n) is 2.58. The molecule has 0 atom stereocenters. The van der Waals surface area contributed by atoms with Crippen LogP contribution in [0, 0.1) is 0 Å². The number of fused-ring (bicyclic) bond motifs is 1. The van der Waals surface area contributed by atoms with Gasteiger partial charge in [-0.1, -0.05) is 18.2 Å². The molecule has 1 aromatic carbocycles. The molecule has 2 N–H and O–H groups in total. The van der Waals surface area contributed by atoms with Crippen LogP contribution in [-0.2, 0) is 13.0 Å². The second-order valence-electron chi connectivity index (χ2n) is 5.12. The van der Waals surface area contributed by atoms with Crippen LogP contribution in [0.25, 0.3) is 0 Å². The molecular formula is C14H20N2S. The predicted octanol–water partition coefficient (Wildman–Crippen LogP) is 2.64. The van der Waals surface area contributed by atoms with Crippen molar-refractivity contribution in [2.75, 3.05) is 24.7 Å². The molecule has 1 aliphatic heterocycles. The zero-order valence-electron chi connectivity index (χ0n) is 10.4. The van der Waals surface area contributed by atoms with Crippen molar-refractivity contribution in [1.29, 1.82) is 0 Å². The number of benzene rings is 1. The summed E-state index contributed by atoms with van der Waals surface area (Å²) < 4.78 is 0.561. The molecule has 1 heterocycles. The lowest BCUT2D eigenvalue weighted by atomic mass is 10.1. The molecule has 1 aromatic rings. The fourth-order valence-corrected chi connectivity index (χ4v) is 3.33. The molecule has 2 aliphatic rings. The maximum absolute atomic E-state index is 3.62. The van der Waals surface area contributed by atoms with Crippen molar-refractivity contribution in [3.63, 3.8) is 0 Å². The van der Waals surface area contributed by atoms with Gasteiger partial charge in [-0.25, -0.2) is 0 Å². The van der Waals surface area contributed by atoms with Crippen molar-refractivity contribution < 1.29 is 0 Å². The fraction of sp³-hybridized carbons (Fsp3) is 0.571. The van der Waals surface area contributed by atoms with Crippen LogP contribution in [0.4, 0.5) is 5.69 Å². The monoisotopic (exact) mass is 248 g/mol. The second-order valence-corrected chi connectivity index (χ2v) is 6.39. The molecule has 0 bridgehead atoms. The zero-order chi connectivity index (χ0) is 11.7. The second kappa shape index (κ2) is 4.54. The van der Waals surface area contributed by atoms with Crippen molar-refractivity contribution in [1.82, 2.24) is 5.32 Å². The van der Waals surface area contributed by atoms with Gasteiger partial charge in [0.25, 0.3) is 0 Å². The van der Waals surface area contributed by atoms with Gasteiger partial charge in [-0.05, 0) is 36.6 Å². The van der Waals surface area contributed by atoms with E-state index in [1.165, 1.54) is 36.1 Å². The summed E-state index contributed by atoms with van der Waals surface area (Å²) in [4.78, 5) is 0. The molecule has 0 saturated heterocycles. The summed E-state index contributed by atoms with van der Waals surface area (Å²) >= 11 is 2.02. The molecule has 92 valence electrons.